The van der Waals surface area contributed by atoms with Crippen molar-refractivity contribution in [2.24, 2.45) is 0 Å². The number of aromatic nitrogens is 2. The summed E-state index contributed by atoms with van der Waals surface area (Å²) in [6.07, 6.45) is 1.66. The lowest BCUT2D eigenvalue weighted by Gasteiger charge is -2.20. The third kappa shape index (κ3) is 7.95. The van der Waals surface area contributed by atoms with Crippen molar-refractivity contribution >= 4 is 44.8 Å². The SMILES string of the molecule is COc1cc(NC(=O)c2ccc(Nc3ncc(C)c(Nc4cccc(S(=O)(=O)NC(C)(C)C)c4)n3)cc2)cc(OC)c1. The topological polar surface area (TPSA) is 144 Å². The van der Waals surface area contributed by atoms with Crippen molar-refractivity contribution in [3.8, 4) is 11.5 Å². The van der Waals surface area contributed by atoms with E-state index in [4.69, 9.17) is 9.47 Å². The number of aryl methyl sites for hydroxylation is 1. The number of benzene rings is 3. The molecule has 4 N–H and O–H groups in total. The Labute approximate surface area is 245 Å². The van der Waals surface area contributed by atoms with Crippen molar-refractivity contribution in [3.63, 3.8) is 0 Å². The first kappa shape index (κ1) is 30.3. The molecule has 12 heteroatoms. The van der Waals surface area contributed by atoms with E-state index in [-0.39, 0.29) is 10.8 Å². The zero-order valence-electron chi connectivity index (χ0n) is 24.3. The maximum Gasteiger partial charge on any atom is 0.255 e. The molecule has 1 amide bonds. The Kier molecular flexibility index (Phi) is 8.98. The monoisotopic (exact) mass is 590 g/mol. The van der Waals surface area contributed by atoms with Crippen LogP contribution in [0.15, 0.2) is 77.8 Å². The summed E-state index contributed by atoms with van der Waals surface area (Å²) in [4.78, 5) is 21.9. The summed E-state index contributed by atoms with van der Waals surface area (Å²) in [6, 6.07) is 18.5. The van der Waals surface area contributed by atoms with Crippen molar-refractivity contribution in [2.75, 3.05) is 30.2 Å². The molecule has 0 fully saturated rings. The van der Waals surface area contributed by atoms with E-state index in [1.165, 1.54) is 6.07 Å². The van der Waals surface area contributed by atoms with Gasteiger partial charge >= 0.3 is 0 Å². The largest absolute Gasteiger partial charge is 0.497 e. The average molecular weight is 591 g/mol. The fraction of sp³-hybridized carbons (Fsp3) is 0.233. The van der Waals surface area contributed by atoms with Crippen molar-refractivity contribution in [3.05, 3.63) is 84.1 Å². The Hall–Kier alpha value is -4.68. The highest BCUT2D eigenvalue weighted by molar-refractivity contribution is 7.89. The number of hydrogen-bond acceptors (Lipinski definition) is 9. The first-order valence-corrected chi connectivity index (χ1v) is 14.5. The lowest BCUT2D eigenvalue weighted by molar-refractivity contribution is 0.102. The standard InChI is InChI=1S/C30H34N6O5S/c1-19-18-31-29(35-27(19)32-22-8-7-9-26(16-22)42(38,39)36-30(2,3)4)34-21-12-10-20(11-13-21)28(37)33-23-14-24(40-5)17-25(15-23)41-6/h7-18,36H,1-6H3,(H,33,37)(H2,31,32,34,35). The van der Waals surface area contributed by atoms with Crippen molar-refractivity contribution in [2.45, 2.75) is 38.1 Å². The second-order valence-electron chi connectivity index (χ2n) is 10.5. The number of methoxy groups -OCH3 is 2. The molecule has 1 heterocycles. The minimum Gasteiger partial charge on any atom is -0.497 e. The summed E-state index contributed by atoms with van der Waals surface area (Å²) in [6.45, 7) is 7.20. The summed E-state index contributed by atoms with van der Waals surface area (Å²) in [5.74, 6) is 1.66. The highest BCUT2D eigenvalue weighted by Crippen LogP contribution is 2.27. The highest BCUT2D eigenvalue weighted by atomic mass is 32.2. The first-order chi connectivity index (χ1) is 19.8. The van der Waals surface area contributed by atoms with Gasteiger partial charge in [-0.1, -0.05) is 6.07 Å². The Balaban J connectivity index is 1.45. The summed E-state index contributed by atoms with van der Waals surface area (Å²) < 4.78 is 38.7. The quantitative estimate of drug-likeness (QED) is 0.185. The molecule has 42 heavy (non-hydrogen) atoms. The van der Waals surface area contributed by atoms with Gasteiger partial charge in [-0.15, -0.1) is 0 Å². The molecule has 4 rings (SSSR count). The van der Waals surface area contributed by atoms with E-state index >= 15 is 0 Å². The second-order valence-corrected chi connectivity index (χ2v) is 12.2. The van der Waals surface area contributed by atoms with Gasteiger partial charge in [0.1, 0.15) is 17.3 Å². The molecule has 0 aliphatic rings. The van der Waals surface area contributed by atoms with Gasteiger partial charge in [0.05, 0.1) is 19.1 Å². The molecule has 0 atom stereocenters. The van der Waals surface area contributed by atoms with Crippen LogP contribution in [0, 0.1) is 6.92 Å². The zero-order valence-corrected chi connectivity index (χ0v) is 25.1. The van der Waals surface area contributed by atoms with Crippen LogP contribution in [0.1, 0.15) is 36.7 Å². The van der Waals surface area contributed by atoms with Crippen LogP contribution in [0.4, 0.5) is 28.8 Å². The molecule has 0 aliphatic heterocycles. The molecule has 3 aromatic carbocycles. The van der Waals surface area contributed by atoms with E-state index in [1.807, 2.05) is 6.92 Å². The Bertz CT molecular complexity index is 1660. The number of anilines is 5. The van der Waals surface area contributed by atoms with Crippen LogP contribution in [0.3, 0.4) is 0 Å². The van der Waals surface area contributed by atoms with E-state index in [0.717, 1.165) is 5.56 Å². The van der Waals surface area contributed by atoms with Crippen LogP contribution in [-0.4, -0.2) is 44.1 Å². The van der Waals surface area contributed by atoms with Crippen LogP contribution in [0.5, 0.6) is 11.5 Å². The van der Waals surface area contributed by atoms with Crippen LogP contribution in [0.2, 0.25) is 0 Å². The number of carbonyl (C=O) groups is 1. The summed E-state index contributed by atoms with van der Waals surface area (Å²) >= 11 is 0. The number of rotatable bonds is 10. The number of ether oxygens (including phenoxy) is 2. The smallest absolute Gasteiger partial charge is 0.255 e. The van der Waals surface area contributed by atoms with Crippen molar-refractivity contribution in [1.29, 1.82) is 0 Å². The predicted molar refractivity (Wildman–Crippen MR) is 164 cm³/mol. The van der Waals surface area contributed by atoms with E-state index in [9.17, 15) is 13.2 Å². The number of sulfonamides is 1. The van der Waals surface area contributed by atoms with Gasteiger partial charge < -0.3 is 25.4 Å². The van der Waals surface area contributed by atoms with Crippen LogP contribution in [-0.2, 0) is 10.0 Å². The number of amides is 1. The molecule has 4 aromatic rings. The van der Waals surface area contributed by atoms with Gasteiger partial charge in [0.2, 0.25) is 16.0 Å². The second kappa shape index (κ2) is 12.5. The lowest BCUT2D eigenvalue weighted by Crippen LogP contribution is -2.40. The number of nitrogens with one attached hydrogen (secondary N) is 4. The fourth-order valence-electron chi connectivity index (χ4n) is 3.89. The van der Waals surface area contributed by atoms with Gasteiger partial charge in [0.25, 0.3) is 5.91 Å². The molecular formula is C30H34N6O5S. The molecule has 0 saturated heterocycles. The van der Waals surface area contributed by atoms with E-state index in [1.54, 1.807) is 102 Å². The summed E-state index contributed by atoms with van der Waals surface area (Å²) in [5.41, 5.74) is 2.38. The van der Waals surface area contributed by atoms with Crippen molar-refractivity contribution < 1.29 is 22.7 Å². The molecule has 1 aromatic heterocycles. The van der Waals surface area contributed by atoms with Crippen LogP contribution in [0.25, 0.3) is 0 Å². The minimum absolute atomic E-state index is 0.141. The predicted octanol–water partition coefficient (Wildman–Crippen LogP) is 5.62. The zero-order chi connectivity index (χ0) is 30.5. The number of hydrogen-bond donors (Lipinski definition) is 4. The molecular weight excluding hydrogens is 556 g/mol. The minimum atomic E-state index is -3.70. The highest BCUT2D eigenvalue weighted by Gasteiger charge is 2.22. The van der Waals surface area contributed by atoms with E-state index in [2.05, 4.69) is 30.6 Å². The van der Waals surface area contributed by atoms with Gasteiger partial charge in [-0.05, 0) is 70.2 Å². The fourth-order valence-corrected chi connectivity index (χ4v) is 5.35. The van der Waals surface area contributed by atoms with Crippen LogP contribution >= 0.6 is 0 Å². The first-order valence-electron chi connectivity index (χ1n) is 13.0. The average Bonchev–Trinajstić information content (AvgIpc) is 2.94. The lowest BCUT2D eigenvalue weighted by atomic mass is 10.1. The third-order valence-electron chi connectivity index (χ3n) is 5.83. The van der Waals surface area contributed by atoms with Crippen molar-refractivity contribution in [1.82, 2.24) is 14.7 Å². The molecule has 0 radical (unpaired) electrons. The third-order valence-corrected chi connectivity index (χ3v) is 7.59. The molecule has 0 spiro atoms. The van der Waals surface area contributed by atoms with Gasteiger partial charge in [0, 0.05) is 58.1 Å². The maximum atomic E-state index is 12.8. The molecule has 0 unspecified atom stereocenters. The van der Waals surface area contributed by atoms with Gasteiger partial charge in [-0.2, -0.15) is 4.98 Å². The van der Waals surface area contributed by atoms with Gasteiger partial charge in [-0.3, -0.25) is 4.79 Å². The van der Waals surface area contributed by atoms with E-state index in [0.29, 0.717) is 45.9 Å². The Morgan fingerprint density at radius 3 is 2.12 bits per heavy atom. The Morgan fingerprint density at radius 2 is 1.50 bits per heavy atom. The molecule has 0 aliphatic carbocycles. The Morgan fingerprint density at radius 1 is 0.833 bits per heavy atom. The summed E-state index contributed by atoms with van der Waals surface area (Å²) in [7, 11) is -0.618. The number of nitrogens with zero attached hydrogens (tertiary/aromatic N) is 2. The number of carbonyl (C=O) groups excluding carboxylic acids is 1. The summed E-state index contributed by atoms with van der Waals surface area (Å²) in [5, 5.41) is 9.16. The molecule has 0 saturated carbocycles. The van der Waals surface area contributed by atoms with E-state index < -0.39 is 15.6 Å². The molecule has 11 nitrogen and oxygen atoms in total. The van der Waals surface area contributed by atoms with Gasteiger partial charge in [-0.25, -0.2) is 18.1 Å². The normalized spacial score (nSPS) is 11.5. The molecule has 0 bridgehead atoms. The van der Waals surface area contributed by atoms with Gasteiger partial charge in [0.15, 0.2) is 0 Å². The maximum absolute atomic E-state index is 12.8. The van der Waals surface area contributed by atoms with Crippen LogP contribution < -0.4 is 30.1 Å². The molecule has 220 valence electrons.